The zero-order valence-electron chi connectivity index (χ0n) is 24.8. The standard InChI is InChI=1S/C27H25N9O9S2.Na/c28-16-7-17(29)35(10-31-16)5-1-2-12-8-46-24-19(23(40)36(24)20(12)25(41)42)33-22(39)18(13-9-47-27(30)32-13)34-45-21(26(43)44)11-3-4-14(37)15(38)6-11;/h1-4,6-7,9-10,19,21,24,29,37-38H,5,8,28H2,(H2,30,32)(H,33,39)(H,41,42)(H,43,44);/b2-1+,29-17?,34-18-;/t19-,21+,24-;/m1./s1. The molecule has 1 radical (unpaired) electrons. The fraction of sp³-hybridized carbons (Fsp3) is 0.185. The summed E-state index contributed by atoms with van der Waals surface area (Å²) in [7, 11) is 0. The zero-order valence-corrected chi connectivity index (χ0v) is 28.4. The first kappa shape index (κ1) is 36.0. The van der Waals surface area contributed by atoms with E-state index in [4.69, 9.17) is 21.7 Å². The molecule has 2 amide bonds. The molecule has 3 atom stereocenters. The third-order valence-electron chi connectivity index (χ3n) is 6.80. The Morgan fingerprint density at radius 2 is 1.96 bits per heavy atom. The van der Waals surface area contributed by atoms with Crippen molar-refractivity contribution in [2.45, 2.75) is 24.1 Å². The average molecular weight is 707 g/mol. The van der Waals surface area contributed by atoms with Gasteiger partial charge in [-0.2, -0.15) is 0 Å². The second kappa shape index (κ2) is 14.9. The number of rotatable bonds is 11. The summed E-state index contributed by atoms with van der Waals surface area (Å²) in [5.74, 6) is -5.36. The first-order chi connectivity index (χ1) is 22.3. The zero-order chi connectivity index (χ0) is 34.0. The number of phenols is 2. The molecule has 0 unspecified atom stereocenters. The predicted molar refractivity (Wildman–Crippen MR) is 171 cm³/mol. The minimum absolute atomic E-state index is 0. The van der Waals surface area contributed by atoms with Crippen LogP contribution < -0.4 is 22.3 Å². The van der Waals surface area contributed by atoms with E-state index in [-0.39, 0.29) is 75.2 Å². The third kappa shape index (κ3) is 7.47. The number of benzene rings is 1. The largest absolute Gasteiger partial charge is 0.504 e. The SMILES string of the molecule is N=c1cc(N)ncn1C/C=C/C1=C(C(=O)O)N2C(=O)[C@@H](NC(=O)/C(=N\O[C@H](C(=O)O)c3ccc(O)c(O)c3)c3csc(N)n3)[C@H]2SC1.[Na]. The molecule has 1 fully saturated rings. The number of nitrogens with two attached hydrogens (primary N) is 2. The predicted octanol–water partition coefficient (Wildman–Crippen LogP) is -0.445. The number of phenolic OH excluding ortho intramolecular Hbond substituents is 2. The van der Waals surface area contributed by atoms with Gasteiger partial charge in [0.1, 0.15) is 34.1 Å². The van der Waals surface area contributed by atoms with E-state index in [0.717, 1.165) is 28.4 Å². The Morgan fingerprint density at radius 1 is 1.21 bits per heavy atom. The Labute approximate surface area is 300 Å². The van der Waals surface area contributed by atoms with Gasteiger partial charge in [0.05, 0.1) is 6.33 Å². The van der Waals surface area contributed by atoms with Crippen LogP contribution in [0.5, 0.6) is 11.5 Å². The summed E-state index contributed by atoms with van der Waals surface area (Å²) in [5.41, 5.74) is 10.7. The van der Waals surface area contributed by atoms with Crippen LogP contribution in [0.2, 0.25) is 0 Å². The van der Waals surface area contributed by atoms with Gasteiger partial charge in [-0.05, 0) is 17.7 Å². The molecule has 5 rings (SSSR count). The molecule has 10 N–H and O–H groups in total. The Hall–Kier alpha value is -4.89. The Morgan fingerprint density at radius 3 is 2.58 bits per heavy atom. The number of carboxylic acids is 2. The number of oxime groups is 1. The fourth-order valence-corrected chi connectivity index (χ4v) is 6.42. The number of nitrogens with zero attached hydrogens (tertiary/aromatic N) is 5. The van der Waals surface area contributed by atoms with Crippen molar-refractivity contribution in [3.63, 3.8) is 0 Å². The molecule has 245 valence electrons. The summed E-state index contributed by atoms with van der Waals surface area (Å²) in [6.07, 6.45) is 2.70. The molecule has 2 aliphatic heterocycles. The van der Waals surface area contributed by atoms with Gasteiger partial charge in [0, 0.05) is 58.9 Å². The summed E-state index contributed by atoms with van der Waals surface area (Å²) < 4.78 is 1.47. The van der Waals surface area contributed by atoms with Gasteiger partial charge < -0.3 is 46.6 Å². The number of nitrogens with one attached hydrogen (secondary N) is 2. The molecule has 0 bridgehead atoms. The Balaban J connectivity index is 0.00000520. The van der Waals surface area contributed by atoms with Crippen LogP contribution in [0.1, 0.15) is 17.4 Å². The van der Waals surface area contributed by atoms with Crippen molar-refractivity contribution < 1.29 is 44.4 Å². The molecule has 18 nitrogen and oxygen atoms in total. The fourth-order valence-electron chi connectivity index (χ4n) is 4.55. The summed E-state index contributed by atoms with van der Waals surface area (Å²) in [5, 5.41) is 53.8. The van der Waals surface area contributed by atoms with Crippen molar-refractivity contribution in [2.75, 3.05) is 17.2 Å². The number of thiazole rings is 1. The van der Waals surface area contributed by atoms with Gasteiger partial charge in [0.2, 0.25) is 6.10 Å². The number of allylic oxidation sites excluding steroid dienone is 2. The van der Waals surface area contributed by atoms with E-state index >= 15 is 0 Å². The number of hydrogen-bond donors (Lipinski definition) is 8. The Kier molecular flexibility index (Phi) is 11.2. The smallest absolute Gasteiger partial charge is 0.352 e. The van der Waals surface area contributed by atoms with E-state index < -0.39 is 58.5 Å². The van der Waals surface area contributed by atoms with Crippen LogP contribution in [0.3, 0.4) is 0 Å². The summed E-state index contributed by atoms with van der Waals surface area (Å²) in [6.45, 7) is 0.186. The van der Waals surface area contributed by atoms with Gasteiger partial charge in [0.15, 0.2) is 22.3 Å². The number of amides is 2. The molecular formula is C27H25N9NaO9S2. The number of fused-ring (bicyclic) bond motifs is 1. The molecule has 0 saturated carbocycles. The van der Waals surface area contributed by atoms with Crippen molar-refractivity contribution in [1.29, 1.82) is 5.41 Å². The van der Waals surface area contributed by atoms with Crippen LogP contribution in [0.4, 0.5) is 10.9 Å². The topological polar surface area (TPSA) is 293 Å². The Bertz CT molecular complexity index is 1940. The van der Waals surface area contributed by atoms with E-state index in [1.807, 2.05) is 0 Å². The van der Waals surface area contributed by atoms with E-state index in [1.165, 1.54) is 46.2 Å². The van der Waals surface area contributed by atoms with E-state index in [0.29, 0.717) is 5.57 Å². The number of β-lactam (4-membered cyclic amide) rings is 1. The van der Waals surface area contributed by atoms with E-state index in [1.54, 1.807) is 6.08 Å². The number of aliphatic carboxylic acids is 2. The molecular weight excluding hydrogens is 681 g/mol. The van der Waals surface area contributed by atoms with Gasteiger partial charge in [-0.15, -0.1) is 23.1 Å². The summed E-state index contributed by atoms with van der Waals surface area (Å²) >= 11 is 2.15. The minimum Gasteiger partial charge on any atom is -0.504 e. The van der Waals surface area contributed by atoms with E-state index in [9.17, 15) is 39.6 Å². The number of anilines is 2. The molecule has 1 saturated heterocycles. The molecule has 2 aromatic heterocycles. The molecule has 4 heterocycles. The first-order valence-corrected chi connectivity index (χ1v) is 15.2. The monoisotopic (exact) mass is 706 g/mol. The first-order valence-electron chi connectivity index (χ1n) is 13.3. The molecule has 0 aliphatic carbocycles. The normalized spacial score (nSPS) is 18.0. The minimum atomic E-state index is -1.83. The van der Waals surface area contributed by atoms with Crippen molar-refractivity contribution in [3.05, 3.63) is 76.1 Å². The maximum atomic E-state index is 13.4. The van der Waals surface area contributed by atoms with Crippen molar-refractivity contribution in [2.24, 2.45) is 5.16 Å². The van der Waals surface area contributed by atoms with Crippen molar-refractivity contribution >= 4 is 93.1 Å². The van der Waals surface area contributed by atoms with Gasteiger partial charge in [0.25, 0.3) is 11.8 Å². The quantitative estimate of drug-likeness (QED) is 0.0412. The maximum absolute atomic E-state index is 13.4. The van der Waals surface area contributed by atoms with Crippen LogP contribution in [0, 0.1) is 5.41 Å². The number of carbonyl (C=O) groups excluding carboxylic acids is 2. The van der Waals surface area contributed by atoms with Crippen molar-refractivity contribution in [3.8, 4) is 11.5 Å². The van der Waals surface area contributed by atoms with E-state index in [2.05, 4.69) is 20.4 Å². The average Bonchev–Trinajstić information content (AvgIpc) is 3.45. The molecule has 1 aromatic carbocycles. The maximum Gasteiger partial charge on any atom is 0.352 e. The summed E-state index contributed by atoms with van der Waals surface area (Å²) in [4.78, 5) is 65.0. The van der Waals surface area contributed by atoms with Crippen LogP contribution in [-0.4, -0.2) is 116 Å². The number of aromatic nitrogens is 3. The number of aromatic hydroxyl groups is 2. The number of hydrogen-bond acceptors (Lipinski definition) is 15. The van der Waals surface area contributed by atoms with Crippen LogP contribution >= 0.6 is 23.1 Å². The second-order valence-corrected chi connectivity index (χ2v) is 11.9. The number of nitrogen functional groups attached to an aromatic ring is 2. The van der Waals surface area contributed by atoms with Crippen LogP contribution in [-0.2, 0) is 30.6 Å². The molecule has 48 heavy (non-hydrogen) atoms. The second-order valence-electron chi connectivity index (χ2n) is 9.88. The number of carbonyl (C=O) groups is 4. The molecule has 3 aromatic rings. The third-order valence-corrected chi connectivity index (χ3v) is 8.78. The van der Waals surface area contributed by atoms with Crippen molar-refractivity contribution in [1.82, 2.24) is 24.8 Å². The van der Waals surface area contributed by atoms with Gasteiger partial charge >= 0.3 is 11.9 Å². The molecule has 21 heteroatoms. The van der Waals surface area contributed by atoms with Gasteiger partial charge in [-0.25, -0.2) is 19.6 Å². The van der Waals surface area contributed by atoms with Gasteiger partial charge in [-0.1, -0.05) is 23.4 Å². The number of thioether (sulfide) groups is 1. The van der Waals surface area contributed by atoms with Crippen LogP contribution in [0.15, 0.2) is 64.6 Å². The summed E-state index contributed by atoms with van der Waals surface area (Å²) in [6, 6.07) is 3.35. The number of carboxylic acid groups (broad SMARTS) is 2. The molecule has 0 spiro atoms. The van der Waals surface area contributed by atoms with Crippen LogP contribution in [0.25, 0.3) is 0 Å². The molecule has 2 aliphatic rings. The van der Waals surface area contributed by atoms with Gasteiger partial charge in [-0.3, -0.25) is 19.9 Å².